The molecule has 1 aliphatic rings. The van der Waals surface area contributed by atoms with Gasteiger partial charge in [-0.15, -0.1) is 0 Å². The van der Waals surface area contributed by atoms with Crippen LogP contribution in [0.5, 0.6) is 0 Å². The van der Waals surface area contributed by atoms with Crippen LogP contribution in [0.1, 0.15) is 36.3 Å². The maximum absolute atomic E-state index is 12.6. The van der Waals surface area contributed by atoms with Gasteiger partial charge in [-0.05, 0) is 48.2 Å². The van der Waals surface area contributed by atoms with Crippen LogP contribution < -0.4 is 5.32 Å². The highest BCUT2D eigenvalue weighted by Crippen LogP contribution is 2.35. The van der Waals surface area contributed by atoms with Gasteiger partial charge in [0.15, 0.2) is 0 Å². The highest BCUT2D eigenvalue weighted by Gasteiger charge is 2.22. The lowest BCUT2D eigenvalue weighted by atomic mass is 9.90. The van der Waals surface area contributed by atoms with Gasteiger partial charge in [-0.25, -0.2) is 8.78 Å². The summed E-state index contributed by atoms with van der Waals surface area (Å²) in [6.07, 6.45) is -0.349. The largest absolute Gasteiger partial charge is 0.317 e. The van der Waals surface area contributed by atoms with Gasteiger partial charge in [0.05, 0.1) is 0 Å². The molecule has 1 N–H and O–H groups in total. The number of nitrogens with one attached hydrogen (secondary N) is 1. The maximum Gasteiger partial charge on any atom is 0.264 e. The first-order chi connectivity index (χ1) is 6.79. The van der Waals surface area contributed by atoms with E-state index >= 15 is 0 Å². The average molecular weight is 217 g/mol. The zero-order chi connectivity index (χ0) is 9.97. The molecule has 0 saturated carbocycles. The predicted molar refractivity (Wildman–Crippen MR) is 54.1 cm³/mol. The van der Waals surface area contributed by atoms with E-state index in [1.807, 2.05) is 5.38 Å². The second-order valence-corrected chi connectivity index (χ2v) is 4.35. The van der Waals surface area contributed by atoms with Crippen molar-refractivity contribution in [3.63, 3.8) is 0 Å². The van der Waals surface area contributed by atoms with E-state index in [1.165, 1.54) is 11.3 Å². The fourth-order valence-corrected chi connectivity index (χ4v) is 2.89. The molecule has 1 aromatic heterocycles. The summed E-state index contributed by atoms with van der Waals surface area (Å²) in [5, 5.41) is 6.71. The molecule has 0 bridgehead atoms. The third-order valence-electron chi connectivity index (χ3n) is 2.74. The Morgan fingerprint density at radius 1 is 1.29 bits per heavy atom. The second kappa shape index (κ2) is 4.36. The minimum atomic E-state index is -2.31. The molecule has 1 aromatic rings. The molecular formula is C10H13F2NS. The van der Waals surface area contributed by atoms with E-state index in [2.05, 4.69) is 5.32 Å². The van der Waals surface area contributed by atoms with Crippen LogP contribution in [0.2, 0.25) is 0 Å². The lowest BCUT2D eigenvalue weighted by molar-refractivity contribution is 0.150. The minimum Gasteiger partial charge on any atom is -0.317 e. The van der Waals surface area contributed by atoms with Gasteiger partial charge < -0.3 is 5.32 Å². The van der Waals surface area contributed by atoms with E-state index in [0.29, 0.717) is 5.92 Å². The van der Waals surface area contributed by atoms with E-state index < -0.39 is 6.43 Å². The van der Waals surface area contributed by atoms with E-state index in [4.69, 9.17) is 0 Å². The van der Waals surface area contributed by atoms with Crippen LogP contribution in [0.4, 0.5) is 8.78 Å². The van der Waals surface area contributed by atoms with Crippen molar-refractivity contribution in [2.45, 2.75) is 25.2 Å². The Morgan fingerprint density at radius 2 is 2.00 bits per heavy atom. The number of hydrogen-bond acceptors (Lipinski definition) is 2. The quantitative estimate of drug-likeness (QED) is 0.802. The van der Waals surface area contributed by atoms with Crippen LogP contribution in [0.3, 0.4) is 0 Å². The Kier molecular flexibility index (Phi) is 3.13. The van der Waals surface area contributed by atoms with Crippen LogP contribution >= 0.6 is 11.3 Å². The van der Waals surface area contributed by atoms with E-state index in [-0.39, 0.29) is 5.56 Å². The molecule has 14 heavy (non-hydrogen) atoms. The van der Waals surface area contributed by atoms with Crippen molar-refractivity contribution in [3.8, 4) is 0 Å². The number of hydrogen-bond donors (Lipinski definition) is 1. The summed E-state index contributed by atoms with van der Waals surface area (Å²) in [5.74, 6) is 0.339. The fraction of sp³-hybridized carbons (Fsp3) is 0.600. The van der Waals surface area contributed by atoms with Gasteiger partial charge in [0.1, 0.15) is 0 Å². The molecule has 0 amide bonds. The normalized spacial score (nSPS) is 19.1. The number of halogens is 2. The van der Waals surface area contributed by atoms with Crippen LogP contribution in [0.25, 0.3) is 0 Å². The number of alkyl halides is 2. The summed E-state index contributed by atoms with van der Waals surface area (Å²) in [5.41, 5.74) is 1.13. The summed E-state index contributed by atoms with van der Waals surface area (Å²) >= 11 is 1.39. The van der Waals surface area contributed by atoms with Crippen LogP contribution in [-0.2, 0) is 0 Å². The highest BCUT2D eigenvalue weighted by molar-refractivity contribution is 7.08. The van der Waals surface area contributed by atoms with Crippen LogP contribution in [0, 0.1) is 0 Å². The summed E-state index contributed by atoms with van der Waals surface area (Å²) in [4.78, 5) is 0. The maximum atomic E-state index is 12.6. The summed E-state index contributed by atoms with van der Waals surface area (Å²) in [6.45, 7) is 1.90. The molecule has 0 spiro atoms. The summed E-state index contributed by atoms with van der Waals surface area (Å²) in [7, 11) is 0. The molecule has 1 fully saturated rings. The Morgan fingerprint density at radius 3 is 2.64 bits per heavy atom. The van der Waals surface area contributed by atoms with Gasteiger partial charge in [0.2, 0.25) is 0 Å². The molecular weight excluding hydrogens is 204 g/mol. The first kappa shape index (κ1) is 10.1. The van der Waals surface area contributed by atoms with E-state index in [0.717, 1.165) is 31.5 Å². The van der Waals surface area contributed by atoms with Crippen LogP contribution in [-0.4, -0.2) is 13.1 Å². The lowest BCUT2D eigenvalue weighted by Gasteiger charge is -2.23. The average Bonchev–Trinajstić information content (AvgIpc) is 2.67. The molecule has 78 valence electrons. The topological polar surface area (TPSA) is 12.0 Å². The minimum absolute atomic E-state index is 0.252. The van der Waals surface area contributed by atoms with Gasteiger partial charge in [-0.2, -0.15) is 11.3 Å². The van der Waals surface area contributed by atoms with Crippen molar-refractivity contribution in [1.82, 2.24) is 5.32 Å². The molecule has 0 atom stereocenters. The van der Waals surface area contributed by atoms with Crippen molar-refractivity contribution >= 4 is 11.3 Å². The van der Waals surface area contributed by atoms with Gasteiger partial charge in [0, 0.05) is 5.56 Å². The predicted octanol–water partition coefficient (Wildman–Crippen LogP) is 3.15. The Hall–Kier alpha value is -0.480. The number of piperidine rings is 1. The van der Waals surface area contributed by atoms with Crippen molar-refractivity contribution < 1.29 is 8.78 Å². The van der Waals surface area contributed by atoms with Gasteiger partial charge in [0.25, 0.3) is 6.43 Å². The van der Waals surface area contributed by atoms with Gasteiger partial charge in [-0.3, -0.25) is 0 Å². The highest BCUT2D eigenvalue weighted by atomic mass is 32.1. The zero-order valence-electron chi connectivity index (χ0n) is 7.80. The van der Waals surface area contributed by atoms with Crippen molar-refractivity contribution in [2.24, 2.45) is 0 Å². The van der Waals surface area contributed by atoms with Crippen LogP contribution in [0.15, 0.2) is 10.8 Å². The summed E-state index contributed by atoms with van der Waals surface area (Å²) < 4.78 is 25.2. The molecule has 2 heterocycles. The Balaban J connectivity index is 2.17. The van der Waals surface area contributed by atoms with Gasteiger partial charge >= 0.3 is 0 Å². The second-order valence-electron chi connectivity index (χ2n) is 3.61. The molecule has 1 nitrogen and oxygen atoms in total. The molecule has 2 rings (SSSR count). The summed E-state index contributed by atoms with van der Waals surface area (Å²) in [6, 6.07) is 0. The molecule has 0 aromatic carbocycles. The third-order valence-corrected chi connectivity index (χ3v) is 3.52. The third kappa shape index (κ3) is 1.96. The fourth-order valence-electron chi connectivity index (χ4n) is 1.96. The smallest absolute Gasteiger partial charge is 0.264 e. The molecule has 0 unspecified atom stereocenters. The van der Waals surface area contributed by atoms with E-state index in [9.17, 15) is 8.78 Å². The number of thiophene rings is 1. The number of rotatable bonds is 2. The van der Waals surface area contributed by atoms with Crippen molar-refractivity contribution in [1.29, 1.82) is 0 Å². The van der Waals surface area contributed by atoms with Crippen molar-refractivity contribution in [3.05, 3.63) is 21.9 Å². The lowest BCUT2D eigenvalue weighted by Crippen LogP contribution is -2.26. The first-order valence-electron chi connectivity index (χ1n) is 4.84. The van der Waals surface area contributed by atoms with E-state index in [1.54, 1.807) is 5.38 Å². The molecule has 1 saturated heterocycles. The molecule has 0 radical (unpaired) electrons. The molecule has 1 aliphatic heterocycles. The van der Waals surface area contributed by atoms with Crippen molar-refractivity contribution in [2.75, 3.05) is 13.1 Å². The molecule has 4 heteroatoms. The Bertz CT molecular complexity index is 292. The van der Waals surface area contributed by atoms with Gasteiger partial charge in [-0.1, -0.05) is 0 Å². The SMILES string of the molecule is FC(F)c1cscc1C1CCNCC1. The zero-order valence-corrected chi connectivity index (χ0v) is 8.62. The first-order valence-corrected chi connectivity index (χ1v) is 5.78. The Labute approximate surface area is 86.1 Å². The molecule has 0 aliphatic carbocycles. The monoisotopic (exact) mass is 217 g/mol. The standard InChI is InChI=1S/C10H13F2NS/c11-10(12)9-6-14-5-8(9)7-1-3-13-4-2-7/h5-7,10,13H,1-4H2.